The average molecular weight is 421 g/mol. The quantitative estimate of drug-likeness (QED) is 0.144. The van der Waals surface area contributed by atoms with E-state index in [2.05, 4.69) is 23.3 Å². The molecule has 158 valence electrons. The smallest absolute Gasteiger partial charge is 0.327 e. The van der Waals surface area contributed by atoms with E-state index in [1.54, 1.807) is 0 Å². The Balaban J connectivity index is 5.39. The lowest BCUT2D eigenvalue weighted by atomic mass is 10.1. The van der Waals surface area contributed by atoms with Crippen molar-refractivity contribution >= 4 is 48.2 Å². The summed E-state index contributed by atoms with van der Waals surface area (Å²) in [5.74, 6) is -7.10. The van der Waals surface area contributed by atoms with Gasteiger partial charge >= 0.3 is 11.9 Å². The Kier molecular flexibility index (Phi) is 10.6. The Morgan fingerprint density at radius 2 is 1.29 bits per heavy atom. The van der Waals surface area contributed by atoms with Crippen LogP contribution < -0.4 is 27.4 Å². The first kappa shape index (κ1) is 25.1. The minimum Gasteiger partial charge on any atom is -0.481 e. The van der Waals surface area contributed by atoms with E-state index in [9.17, 15) is 28.8 Å². The summed E-state index contributed by atoms with van der Waals surface area (Å²) in [6, 6.07) is -5.65. The van der Waals surface area contributed by atoms with E-state index in [-0.39, 0.29) is 5.75 Å². The first-order valence-electron chi connectivity index (χ1n) is 7.89. The molecule has 4 atom stereocenters. The van der Waals surface area contributed by atoms with Gasteiger partial charge in [-0.15, -0.1) is 0 Å². The number of hydrogen-bond acceptors (Lipinski definition) is 8. The molecule has 4 unspecified atom stereocenters. The van der Waals surface area contributed by atoms with E-state index in [4.69, 9.17) is 21.7 Å². The molecule has 0 heterocycles. The average Bonchev–Trinajstić information content (AvgIpc) is 2.56. The highest BCUT2D eigenvalue weighted by Gasteiger charge is 2.31. The van der Waals surface area contributed by atoms with Crippen LogP contribution in [0.4, 0.5) is 0 Å². The minimum absolute atomic E-state index is 0.288. The number of primary amides is 1. The van der Waals surface area contributed by atoms with E-state index in [0.29, 0.717) is 0 Å². The molecule has 14 heteroatoms. The normalized spacial score (nSPS) is 14.7. The summed E-state index contributed by atoms with van der Waals surface area (Å²) in [6.45, 7) is 1.32. The van der Waals surface area contributed by atoms with Crippen molar-refractivity contribution in [2.45, 2.75) is 43.9 Å². The minimum atomic E-state index is -1.69. The van der Waals surface area contributed by atoms with Crippen LogP contribution >= 0.6 is 12.6 Å². The SMILES string of the molecule is CC(N)C(=O)NC(CC(N)=O)C(=O)NC(CC(=O)O)C(=O)NC(CS)C(=O)O. The monoisotopic (exact) mass is 421 g/mol. The van der Waals surface area contributed by atoms with Gasteiger partial charge in [0.25, 0.3) is 0 Å². The molecule has 0 aromatic carbocycles. The number of carbonyl (C=O) groups excluding carboxylic acids is 4. The zero-order chi connectivity index (χ0) is 22.0. The van der Waals surface area contributed by atoms with E-state index in [1.807, 2.05) is 5.32 Å². The summed E-state index contributed by atoms with van der Waals surface area (Å²) in [5, 5.41) is 24.1. The largest absolute Gasteiger partial charge is 0.481 e. The van der Waals surface area contributed by atoms with Crippen molar-refractivity contribution in [3.8, 4) is 0 Å². The molecule has 0 aromatic heterocycles. The van der Waals surface area contributed by atoms with Crippen LogP contribution in [0, 0.1) is 0 Å². The molecule has 0 rings (SSSR count). The summed E-state index contributed by atoms with van der Waals surface area (Å²) in [4.78, 5) is 69.3. The van der Waals surface area contributed by atoms with Crippen molar-refractivity contribution in [2.24, 2.45) is 11.5 Å². The van der Waals surface area contributed by atoms with Crippen molar-refractivity contribution in [2.75, 3.05) is 5.75 Å². The second-order valence-electron chi connectivity index (χ2n) is 5.76. The topological polar surface area (TPSA) is 231 Å². The van der Waals surface area contributed by atoms with Crippen LogP contribution in [-0.4, -0.2) is 75.7 Å². The number of nitrogens with two attached hydrogens (primary N) is 2. The van der Waals surface area contributed by atoms with Gasteiger partial charge in [-0.3, -0.25) is 24.0 Å². The number of amides is 4. The third kappa shape index (κ3) is 9.18. The third-order valence-electron chi connectivity index (χ3n) is 3.26. The third-order valence-corrected chi connectivity index (χ3v) is 3.63. The number of carboxylic acids is 2. The van der Waals surface area contributed by atoms with E-state index in [1.165, 1.54) is 6.92 Å². The molecule has 0 aliphatic rings. The lowest BCUT2D eigenvalue weighted by molar-refractivity contribution is -0.143. The standard InChI is InChI=1S/C14H23N5O8S/c1-5(15)11(23)17-6(2-9(16)20)12(24)18-7(3-10(21)22)13(25)19-8(4-28)14(26)27/h5-8,28H,2-4,15H2,1H3,(H2,16,20)(H,17,23)(H,18,24)(H,19,25)(H,21,22)(H,26,27). The summed E-state index contributed by atoms with van der Waals surface area (Å²) in [7, 11) is 0. The first-order chi connectivity index (χ1) is 12.9. The summed E-state index contributed by atoms with van der Waals surface area (Å²) < 4.78 is 0. The first-order valence-corrected chi connectivity index (χ1v) is 8.52. The number of aliphatic carboxylic acids is 2. The van der Waals surface area contributed by atoms with Gasteiger partial charge in [-0.1, -0.05) is 0 Å². The van der Waals surface area contributed by atoms with Crippen LogP contribution in [0.1, 0.15) is 19.8 Å². The van der Waals surface area contributed by atoms with Gasteiger partial charge in [-0.05, 0) is 6.92 Å². The van der Waals surface area contributed by atoms with Crippen molar-refractivity contribution in [3.05, 3.63) is 0 Å². The van der Waals surface area contributed by atoms with E-state index < -0.39 is 72.6 Å². The fourth-order valence-electron chi connectivity index (χ4n) is 1.83. The zero-order valence-electron chi connectivity index (χ0n) is 14.9. The van der Waals surface area contributed by atoms with Crippen LogP contribution in [0.5, 0.6) is 0 Å². The number of carbonyl (C=O) groups is 6. The molecule has 0 saturated carbocycles. The van der Waals surface area contributed by atoms with Gasteiger partial charge in [0.2, 0.25) is 23.6 Å². The molecule has 4 amide bonds. The molecule has 0 fully saturated rings. The number of thiol groups is 1. The van der Waals surface area contributed by atoms with E-state index in [0.717, 1.165) is 0 Å². The summed E-state index contributed by atoms with van der Waals surface area (Å²) in [6.07, 6.45) is -1.53. The summed E-state index contributed by atoms with van der Waals surface area (Å²) >= 11 is 3.75. The lowest BCUT2D eigenvalue weighted by Crippen LogP contribution is -2.58. The number of rotatable bonds is 12. The Labute approximate surface area is 165 Å². The van der Waals surface area contributed by atoms with Crippen LogP contribution in [-0.2, 0) is 28.8 Å². The molecule has 0 aliphatic carbocycles. The van der Waals surface area contributed by atoms with Gasteiger partial charge in [-0.25, -0.2) is 4.79 Å². The van der Waals surface area contributed by atoms with Gasteiger partial charge in [-0.2, -0.15) is 12.6 Å². The van der Waals surface area contributed by atoms with Crippen molar-refractivity contribution in [1.29, 1.82) is 0 Å². The Morgan fingerprint density at radius 1 is 0.857 bits per heavy atom. The van der Waals surface area contributed by atoms with Crippen LogP contribution in [0.15, 0.2) is 0 Å². The molecule has 0 aliphatic heterocycles. The van der Waals surface area contributed by atoms with Gasteiger partial charge in [0, 0.05) is 5.75 Å². The van der Waals surface area contributed by atoms with Gasteiger partial charge in [0.1, 0.15) is 18.1 Å². The number of hydrogen-bond donors (Lipinski definition) is 8. The molecule has 9 N–H and O–H groups in total. The van der Waals surface area contributed by atoms with Crippen LogP contribution in [0.2, 0.25) is 0 Å². The number of carboxylic acid groups (broad SMARTS) is 2. The Bertz CT molecular complexity index is 641. The predicted octanol–water partition coefficient (Wildman–Crippen LogP) is -3.85. The highest BCUT2D eigenvalue weighted by molar-refractivity contribution is 7.80. The molecule has 13 nitrogen and oxygen atoms in total. The van der Waals surface area contributed by atoms with Gasteiger partial charge < -0.3 is 37.6 Å². The molecule has 0 saturated heterocycles. The maximum Gasteiger partial charge on any atom is 0.327 e. The molecule has 0 aromatic rings. The fourth-order valence-corrected chi connectivity index (χ4v) is 2.08. The van der Waals surface area contributed by atoms with E-state index >= 15 is 0 Å². The van der Waals surface area contributed by atoms with Crippen molar-refractivity contribution in [1.82, 2.24) is 16.0 Å². The van der Waals surface area contributed by atoms with Crippen molar-refractivity contribution < 1.29 is 39.0 Å². The lowest BCUT2D eigenvalue weighted by Gasteiger charge is -2.23. The summed E-state index contributed by atoms with van der Waals surface area (Å²) in [5.41, 5.74) is 10.4. The molecule has 0 bridgehead atoms. The Morgan fingerprint density at radius 3 is 1.64 bits per heavy atom. The maximum atomic E-state index is 12.3. The maximum absolute atomic E-state index is 12.3. The predicted molar refractivity (Wildman–Crippen MR) is 97.0 cm³/mol. The molecular formula is C14H23N5O8S. The Hall–Kier alpha value is -2.87. The number of nitrogens with one attached hydrogen (secondary N) is 3. The molecule has 0 spiro atoms. The fraction of sp³-hybridized carbons (Fsp3) is 0.571. The second-order valence-corrected chi connectivity index (χ2v) is 6.13. The highest BCUT2D eigenvalue weighted by atomic mass is 32.1. The van der Waals surface area contributed by atoms with Gasteiger partial charge in [0.15, 0.2) is 0 Å². The van der Waals surface area contributed by atoms with Crippen LogP contribution in [0.25, 0.3) is 0 Å². The van der Waals surface area contributed by atoms with Crippen molar-refractivity contribution in [3.63, 3.8) is 0 Å². The molecular weight excluding hydrogens is 398 g/mol. The highest BCUT2D eigenvalue weighted by Crippen LogP contribution is 2.00. The zero-order valence-corrected chi connectivity index (χ0v) is 15.8. The van der Waals surface area contributed by atoms with Gasteiger partial charge in [0.05, 0.1) is 18.9 Å². The van der Waals surface area contributed by atoms with Crippen LogP contribution in [0.3, 0.4) is 0 Å². The molecule has 28 heavy (non-hydrogen) atoms. The molecule has 0 radical (unpaired) electrons. The second kappa shape index (κ2) is 11.8.